The van der Waals surface area contributed by atoms with Crippen LogP contribution in [0.15, 0.2) is 46.6 Å². The van der Waals surface area contributed by atoms with Gasteiger partial charge in [0.25, 0.3) is 0 Å². The molecule has 15 heteroatoms. The molecule has 0 amide bonds. The molecule has 4 heterocycles. The number of alkyl halides is 6. The van der Waals surface area contributed by atoms with Gasteiger partial charge in [-0.15, -0.1) is 0 Å². The van der Waals surface area contributed by atoms with Gasteiger partial charge >= 0.3 is 12.4 Å². The topological polar surface area (TPSA) is 88.8 Å². The molecular weight excluding hydrogens is 534 g/mol. The molecule has 0 bridgehead atoms. The van der Waals surface area contributed by atoms with Crippen LogP contribution in [0.3, 0.4) is 0 Å². The Kier molecular flexibility index (Phi) is 6.90. The Hall–Kier alpha value is -3.46. The predicted molar refractivity (Wildman–Crippen MR) is 131 cm³/mol. The summed E-state index contributed by atoms with van der Waals surface area (Å²) in [5.41, 5.74) is 1.40. The number of piperazine rings is 1. The van der Waals surface area contributed by atoms with Crippen molar-refractivity contribution in [1.82, 2.24) is 29.8 Å². The first-order valence-electron chi connectivity index (χ1n) is 11.5. The van der Waals surface area contributed by atoms with Gasteiger partial charge in [0.1, 0.15) is 17.5 Å². The van der Waals surface area contributed by atoms with Crippen molar-refractivity contribution in [2.45, 2.75) is 29.3 Å². The Bertz CT molecular complexity index is 1420. The van der Waals surface area contributed by atoms with Gasteiger partial charge < -0.3 is 20.2 Å². The fourth-order valence-corrected chi connectivity index (χ4v) is 4.88. The number of halogens is 6. The normalized spacial score (nSPS) is 15.4. The van der Waals surface area contributed by atoms with Crippen molar-refractivity contribution >= 4 is 40.2 Å². The van der Waals surface area contributed by atoms with E-state index >= 15 is 0 Å². The molecule has 1 aromatic carbocycles. The average molecular weight is 557 g/mol. The van der Waals surface area contributed by atoms with Crippen molar-refractivity contribution in [3.8, 4) is 0 Å². The molecule has 1 aliphatic rings. The minimum Gasteiger partial charge on any atom is -0.354 e. The number of hydrogen-bond donors (Lipinski definition) is 3. The number of hydrogen-bond acceptors (Lipinski definition) is 7. The summed E-state index contributed by atoms with van der Waals surface area (Å²) in [6.45, 7) is 2.10. The number of nitrogens with one attached hydrogen (secondary N) is 3. The summed E-state index contributed by atoms with van der Waals surface area (Å²) in [7, 11) is 0. The maximum atomic E-state index is 13.0. The SMILES string of the molecule is Cc1c[nH]c(Nc2cc(N3CCN(CC(F)(F)F)CC3)nc(Sc3ccc4nc(C(F)(F)F)[nH]c4c3)n2)c1. The Balaban J connectivity index is 1.40. The van der Waals surface area contributed by atoms with Crippen LogP contribution in [0.2, 0.25) is 0 Å². The van der Waals surface area contributed by atoms with Gasteiger partial charge in [-0.2, -0.15) is 26.3 Å². The molecule has 8 nitrogen and oxygen atoms in total. The van der Waals surface area contributed by atoms with E-state index in [0.717, 1.165) is 17.3 Å². The first-order valence-corrected chi connectivity index (χ1v) is 12.3. The van der Waals surface area contributed by atoms with E-state index in [2.05, 4.69) is 30.2 Å². The first kappa shape index (κ1) is 26.2. The van der Waals surface area contributed by atoms with Crippen LogP contribution in [0.5, 0.6) is 0 Å². The summed E-state index contributed by atoms with van der Waals surface area (Å²) in [6.07, 6.45) is -7.04. The van der Waals surface area contributed by atoms with Crippen molar-refractivity contribution in [1.29, 1.82) is 0 Å². The highest BCUT2D eigenvalue weighted by Crippen LogP contribution is 2.33. The first-order chi connectivity index (χ1) is 17.9. The standard InChI is InChI=1S/C23H22F6N8S/c1-13-8-17(30-11-13)33-18-10-19(37-6-4-36(5-7-37)12-22(24,25)26)35-21(34-18)38-14-2-3-15-16(9-14)32-20(31-15)23(27,28)29/h2-3,8-11,30H,4-7,12H2,1H3,(H,31,32)(H,33,34,35). The second kappa shape index (κ2) is 10.0. The summed E-state index contributed by atoms with van der Waals surface area (Å²) in [5, 5.41) is 3.49. The largest absolute Gasteiger partial charge is 0.449 e. The minimum absolute atomic E-state index is 0.178. The molecule has 0 saturated carbocycles. The molecule has 0 unspecified atom stereocenters. The molecule has 5 rings (SSSR count). The molecule has 0 spiro atoms. The molecule has 4 aromatic rings. The monoisotopic (exact) mass is 556 g/mol. The van der Waals surface area contributed by atoms with Crippen LogP contribution in [-0.2, 0) is 6.18 Å². The van der Waals surface area contributed by atoms with Crippen LogP contribution >= 0.6 is 11.8 Å². The number of aromatic nitrogens is 5. The zero-order valence-electron chi connectivity index (χ0n) is 19.9. The zero-order valence-corrected chi connectivity index (χ0v) is 20.7. The van der Waals surface area contributed by atoms with E-state index in [9.17, 15) is 26.3 Å². The van der Waals surface area contributed by atoms with Crippen molar-refractivity contribution < 1.29 is 26.3 Å². The molecule has 1 aliphatic heterocycles. The van der Waals surface area contributed by atoms with E-state index in [0.29, 0.717) is 40.6 Å². The Morgan fingerprint density at radius 1 is 0.974 bits per heavy atom. The van der Waals surface area contributed by atoms with Gasteiger partial charge in [-0.3, -0.25) is 4.90 Å². The lowest BCUT2D eigenvalue weighted by Gasteiger charge is -2.35. The number of aromatic amines is 2. The number of benzene rings is 1. The summed E-state index contributed by atoms with van der Waals surface area (Å²) in [4.78, 5) is 21.9. The summed E-state index contributed by atoms with van der Waals surface area (Å²) in [6, 6.07) is 8.24. The third-order valence-electron chi connectivity index (χ3n) is 5.81. The zero-order chi connectivity index (χ0) is 27.1. The number of fused-ring (bicyclic) bond motifs is 1. The van der Waals surface area contributed by atoms with Crippen LogP contribution in [-0.4, -0.2) is 68.7 Å². The molecule has 1 saturated heterocycles. The number of imidazole rings is 1. The van der Waals surface area contributed by atoms with Gasteiger partial charge in [0.05, 0.1) is 17.6 Å². The second-order valence-electron chi connectivity index (χ2n) is 8.85. The fraction of sp³-hybridized carbons (Fsp3) is 0.348. The molecule has 3 aromatic heterocycles. The van der Waals surface area contributed by atoms with Crippen molar-refractivity contribution in [3.05, 3.63) is 47.9 Å². The molecule has 0 atom stereocenters. The Labute approximate surface area is 216 Å². The van der Waals surface area contributed by atoms with Gasteiger partial charge in [-0.1, -0.05) is 0 Å². The molecule has 3 N–H and O–H groups in total. The molecule has 202 valence electrons. The number of H-pyrrole nitrogens is 2. The third kappa shape index (κ3) is 6.32. The van der Waals surface area contributed by atoms with Gasteiger partial charge in [-0.05, 0) is 48.5 Å². The van der Waals surface area contributed by atoms with Gasteiger partial charge in [0.2, 0.25) is 5.82 Å². The van der Waals surface area contributed by atoms with Crippen LogP contribution in [0.4, 0.5) is 43.8 Å². The molecule has 0 radical (unpaired) electrons. The van der Waals surface area contributed by atoms with Crippen LogP contribution in [0.25, 0.3) is 11.0 Å². The van der Waals surface area contributed by atoms with E-state index < -0.39 is 24.7 Å². The van der Waals surface area contributed by atoms with Gasteiger partial charge in [-0.25, -0.2) is 15.0 Å². The summed E-state index contributed by atoms with van der Waals surface area (Å²) >= 11 is 1.15. The maximum Gasteiger partial charge on any atom is 0.449 e. The third-order valence-corrected chi connectivity index (χ3v) is 6.67. The van der Waals surface area contributed by atoms with Crippen LogP contribution in [0.1, 0.15) is 11.4 Å². The fourth-order valence-electron chi connectivity index (χ4n) is 4.08. The molecule has 0 aliphatic carbocycles. The van der Waals surface area contributed by atoms with Gasteiger partial charge in [0.15, 0.2) is 5.16 Å². The number of anilines is 3. The van der Waals surface area contributed by atoms with Crippen molar-refractivity contribution in [2.24, 2.45) is 0 Å². The number of aryl methyl sites for hydroxylation is 1. The molecule has 38 heavy (non-hydrogen) atoms. The lowest BCUT2D eigenvalue weighted by molar-refractivity contribution is -0.146. The summed E-state index contributed by atoms with van der Waals surface area (Å²) in [5.74, 6) is 0.600. The highest BCUT2D eigenvalue weighted by Gasteiger charge is 2.35. The quantitative estimate of drug-likeness (QED) is 0.211. The molecular formula is C23H22F6N8S. The molecule has 1 fully saturated rings. The maximum absolute atomic E-state index is 13.0. The average Bonchev–Trinajstić information content (AvgIpc) is 3.44. The van der Waals surface area contributed by atoms with E-state index in [1.807, 2.05) is 24.1 Å². The number of nitrogens with zero attached hydrogens (tertiary/aromatic N) is 5. The lowest BCUT2D eigenvalue weighted by Crippen LogP contribution is -2.49. The van der Waals surface area contributed by atoms with Crippen molar-refractivity contribution in [3.63, 3.8) is 0 Å². The number of rotatable bonds is 6. The van der Waals surface area contributed by atoms with E-state index in [1.165, 1.54) is 17.0 Å². The van der Waals surface area contributed by atoms with E-state index in [1.54, 1.807) is 12.1 Å². The predicted octanol–water partition coefficient (Wildman–Crippen LogP) is 5.59. The summed E-state index contributed by atoms with van der Waals surface area (Å²) < 4.78 is 77.5. The van der Waals surface area contributed by atoms with Gasteiger partial charge in [0, 0.05) is 43.3 Å². The van der Waals surface area contributed by atoms with Crippen LogP contribution in [0, 0.1) is 6.92 Å². The highest BCUT2D eigenvalue weighted by molar-refractivity contribution is 7.99. The van der Waals surface area contributed by atoms with E-state index in [-0.39, 0.29) is 24.1 Å². The van der Waals surface area contributed by atoms with E-state index in [4.69, 9.17) is 0 Å². The Morgan fingerprint density at radius 2 is 1.74 bits per heavy atom. The highest BCUT2D eigenvalue weighted by atomic mass is 32.2. The van der Waals surface area contributed by atoms with Crippen molar-refractivity contribution in [2.75, 3.05) is 42.9 Å². The minimum atomic E-state index is -4.59. The van der Waals surface area contributed by atoms with Crippen LogP contribution < -0.4 is 10.2 Å². The Morgan fingerprint density at radius 3 is 2.39 bits per heavy atom. The smallest absolute Gasteiger partial charge is 0.354 e. The lowest BCUT2D eigenvalue weighted by atomic mass is 10.3. The second-order valence-corrected chi connectivity index (χ2v) is 9.89.